The number of carbonyl (C=O) groups excluding carboxylic acids is 1. The van der Waals surface area contributed by atoms with Gasteiger partial charge in [0.1, 0.15) is 11.8 Å². The van der Waals surface area contributed by atoms with Gasteiger partial charge in [-0.3, -0.25) is 9.69 Å². The number of anilines is 1. The first-order valence-electron chi connectivity index (χ1n) is 9.65. The molecule has 1 unspecified atom stereocenters. The molecule has 1 amide bonds. The molecule has 0 spiro atoms. The molecule has 1 heterocycles. The van der Waals surface area contributed by atoms with E-state index in [1.54, 1.807) is 25.1 Å². The van der Waals surface area contributed by atoms with E-state index < -0.39 is 17.9 Å². The Balaban J connectivity index is 1.90. The average Bonchev–Trinajstić information content (AvgIpc) is 3.17. The number of hydrogen-bond donors (Lipinski definition) is 2. The Morgan fingerprint density at radius 3 is 2.27 bits per heavy atom. The number of thiol groups is 1. The lowest BCUT2D eigenvalue weighted by Gasteiger charge is -2.30. The molecule has 0 aliphatic heterocycles. The lowest BCUT2D eigenvalue weighted by molar-refractivity contribution is -0.140. The molecule has 1 aromatic heterocycles. The Bertz CT molecular complexity index is 1000. The van der Waals surface area contributed by atoms with Gasteiger partial charge in [0, 0.05) is 23.9 Å². The van der Waals surface area contributed by atoms with Crippen molar-refractivity contribution in [2.45, 2.75) is 26.3 Å². The second kappa shape index (κ2) is 9.63. The van der Waals surface area contributed by atoms with Gasteiger partial charge in [-0.05, 0) is 37.1 Å². The van der Waals surface area contributed by atoms with Crippen molar-refractivity contribution < 1.29 is 19.2 Å². The standard InChI is InChI=1S/C23H24N2O4S/c1-15-12-21(29-24-15)13-19(14-30)22(26)25(16(2)23(27)28)20-10-8-18(9-11-20)17-6-4-3-5-7-17/h3-12,16,19,30H,13-14H2,1-2H3,(H,27,28)/t16-,19?/m0/s1. The number of benzene rings is 2. The molecule has 0 aliphatic rings. The van der Waals surface area contributed by atoms with Gasteiger partial charge in [-0.25, -0.2) is 4.79 Å². The number of rotatable bonds is 8. The van der Waals surface area contributed by atoms with Gasteiger partial charge in [-0.2, -0.15) is 12.6 Å². The van der Waals surface area contributed by atoms with Crippen LogP contribution in [0.3, 0.4) is 0 Å². The van der Waals surface area contributed by atoms with Gasteiger partial charge in [0.25, 0.3) is 0 Å². The third-order valence-corrected chi connectivity index (χ3v) is 5.37. The van der Waals surface area contributed by atoms with Crippen LogP contribution in [0, 0.1) is 12.8 Å². The van der Waals surface area contributed by atoms with Crippen LogP contribution in [0.5, 0.6) is 0 Å². The molecule has 7 heteroatoms. The fourth-order valence-corrected chi connectivity index (χ4v) is 3.56. The summed E-state index contributed by atoms with van der Waals surface area (Å²) in [7, 11) is 0. The zero-order chi connectivity index (χ0) is 21.7. The highest BCUT2D eigenvalue weighted by Gasteiger charge is 2.32. The van der Waals surface area contributed by atoms with Gasteiger partial charge in [0.15, 0.2) is 0 Å². The minimum absolute atomic E-state index is 0.253. The quantitative estimate of drug-likeness (QED) is 0.528. The molecule has 0 aliphatic carbocycles. The minimum Gasteiger partial charge on any atom is -0.480 e. The SMILES string of the molecule is Cc1cc(CC(CS)C(=O)N(c2ccc(-c3ccccc3)cc2)[C@@H](C)C(=O)O)on1. The summed E-state index contributed by atoms with van der Waals surface area (Å²) in [6, 6.07) is 17.9. The fourth-order valence-electron chi connectivity index (χ4n) is 3.28. The second-order valence-corrected chi connectivity index (χ2v) is 7.52. The molecule has 3 rings (SSSR count). The minimum atomic E-state index is -1.08. The summed E-state index contributed by atoms with van der Waals surface area (Å²) in [5.41, 5.74) is 3.28. The smallest absolute Gasteiger partial charge is 0.326 e. The van der Waals surface area contributed by atoms with E-state index in [1.165, 1.54) is 11.8 Å². The van der Waals surface area contributed by atoms with Gasteiger partial charge in [0.2, 0.25) is 5.91 Å². The Morgan fingerprint density at radius 2 is 1.73 bits per heavy atom. The molecule has 0 radical (unpaired) electrons. The highest BCUT2D eigenvalue weighted by Crippen LogP contribution is 2.27. The van der Waals surface area contributed by atoms with Gasteiger partial charge < -0.3 is 9.63 Å². The Kier molecular flexibility index (Phi) is 6.95. The van der Waals surface area contributed by atoms with E-state index in [-0.39, 0.29) is 11.7 Å². The van der Waals surface area contributed by atoms with Crippen molar-refractivity contribution in [2.75, 3.05) is 10.7 Å². The Morgan fingerprint density at radius 1 is 1.10 bits per heavy atom. The van der Waals surface area contributed by atoms with Crippen molar-refractivity contribution in [3.63, 3.8) is 0 Å². The van der Waals surface area contributed by atoms with Crippen LogP contribution in [-0.4, -0.2) is 33.9 Å². The van der Waals surface area contributed by atoms with Gasteiger partial charge in [-0.1, -0.05) is 47.6 Å². The molecular weight excluding hydrogens is 400 g/mol. The maximum Gasteiger partial charge on any atom is 0.326 e. The normalized spacial score (nSPS) is 12.9. The van der Waals surface area contributed by atoms with Gasteiger partial charge in [0.05, 0.1) is 11.6 Å². The Labute approximate surface area is 180 Å². The molecule has 30 heavy (non-hydrogen) atoms. The fraction of sp³-hybridized carbons (Fsp3) is 0.261. The van der Waals surface area contributed by atoms with Crippen LogP contribution < -0.4 is 4.90 Å². The molecule has 2 aromatic carbocycles. The highest BCUT2D eigenvalue weighted by molar-refractivity contribution is 7.80. The summed E-state index contributed by atoms with van der Waals surface area (Å²) in [6.45, 7) is 3.30. The van der Waals surface area contributed by atoms with Crippen molar-refractivity contribution in [1.82, 2.24) is 5.16 Å². The number of aryl methyl sites for hydroxylation is 1. The third kappa shape index (κ3) is 4.91. The summed E-state index contributed by atoms with van der Waals surface area (Å²) in [6.07, 6.45) is 0.300. The molecule has 1 N–H and O–H groups in total. The van der Waals surface area contributed by atoms with Crippen molar-refractivity contribution in [2.24, 2.45) is 5.92 Å². The molecule has 0 bridgehead atoms. The van der Waals surface area contributed by atoms with E-state index >= 15 is 0 Å². The van der Waals surface area contributed by atoms with E-state index in [2.05, 4.69) is 17.8 Å². The summed E-state index contributed by atoms with van der Waals surface area (Å²) >= 11 is 4.33. The zero-order valence-corrected chi connectivity index (χ0v) is 17.8. The van der Waals surface area contributed by atoms with Crippen LogP contribution in [0.15, 0.2) is 65.2 Å². The first-order chi connectivity index (χ1) is 14.4. The zero-order valence-electron chi connectivity index (χ0n) is 16.9. The number of amides is 1. The molecule has 0 saturated carbocycles. The first-order valence-corrected chi connectivity index (χ1v) is 10.3. The maximum atomic E-state index is 13.3. The molecular formula is C23H24N2O4S. The van der Waals surface area contributed by atoms with Crippen LogP contribution in [0.1, 0.15) is 18.4 Å². The molecule has 156 valence electrons. The topological polar surface area (TPSA) is 83.6 Å². The molecule has 3 aromatic rings. The number of nitrogens with zero attached hydrogens (tertiary/aromatic N) is 2. The summed E-state index contributed by atoms with van der Waals surface area (Å²) in [4.78, 5) is 26.4. The van der Waals surface area contributed by atoms with E-state index in [1.807, 2.05) is 42.5 Å². The summed E-state index contributed by atoms with van der Waals surface area (Å²) in [5, 5.41) is 13.5. The predicted molar refractivity (Wildman–Crippen MR) is 119 cm³/mol. The van der Waals surface area contributed by atoms with E-state index in [0.29, 0.717) is 17.9 Å². The predicted octanol–water partition coefficient (Wildman–Crippen LogP) is 4.24. The van der Waals surface area contributed by atoms with Crippen LogP contribution in [0.2, 0.25) is 0 Å². The number of carboxylic acids is 1. The lowest BCUT2D eigenvalue weighted by atomic mass is 10.0. The van der Waals surface area contributed by atoms with Crippen LogP contribution in [-0.2, 0) is 16.0 Å². The molecule has 2 atom stereocenters. The number of aliphatic carboxylic acids is 1. The number of carbonyl (C=O) groups is 2. The van der Waals surface area contributed by atoms with Crippen LogP contribution in [0.25, 0.3) is 11.1 Å². The van der Waals surface area contributed by atoms with Gasteiger partial charge >= 0.3 is 5.97 Å². The maximum absolute atomic E-state index is 13.3. The van der Waals surface area contributed by atoms with E-state index in [4.69, 9.17) is 4.52 Å². The van der Waals surface area contributed by atoms with Crippen molar-refractivity contribution in [3.8, 4) is 11.1 Å². The van der Waals surface area contributed by atoms with Crippen molar-refractivity contribution >= 4 is 30.2 Å². The molecule has 0 saturated heterocycles. The summed E-state index contributed by atoms with van der Waals surface area (Å²) in [5.74, 6) is -1.12. The average molecular weight is 425 g/mol. The second-order valence-electron chi connectivity index (χ2n) is 7.15. The molecule has 0 fully saturated rings. The van der Waals surface area contributed by atoms with Crippen molar-refractivity contribution in [1.29, 1.82) is 0 Å². The number of aromatic nitrogens is 1. The monoisotopic (exact) mass is 424 g/mol. The molecule has 6 nitrogen and oxygen atoms in total. The largest absolute Gasteiger partial charge is 0.480 e. The summed E-state index contributed by atoms with van der Waals surface area (Å²) < 4.78 is 5.23. The van der Waals surface area contributed by atoms with E-state index in [0.717, 1.165) is 16.8 Å². The number of carboxylic acid groups (broad SMARTS) is 1. The number of hydrogen-bond acceptors (Lipinski definition) is 5. The van der Waals surface area contributed by atoms with Crippen LogP contribution in [0.4, 0.5) is 5.69 Å². The van der Waals surface area contributed by atoms with Gasteiger partial charge in [-0.15, -0.1) is 0 Å². The van der Waals surface area contributed by atoms with Crippen molar-refractivity contribution in [3.05, 3.63) is 72.1 Å². The highest BCUT2D eigenvalue weighted by atomic mass is 32.1. The Hall–Kier alpha value is -3.06. The lowest BCUT2D eigenvalue weighted by Crippen LogP contribution is -2.47. The first kappa shape index (κ1) is 21.6. The third-order valence-electron chi connectivity index (χ3n) is 4.93. The van der Waals surface area contributed by atoms with Crippen LogP contribution >= 0.6 is 12.6 Å². The van der Waals surface area contributed by atoms with E-state index in [9.17, 15) is 14.7 Å².